The predicted molar refractivity (Wildman–Crippen MR) is 102 cm³/mol. The van der Waals surface area contributed by atoms with E-state index in [1.807, 2.05) is 20.1 Å². The molecule has 0 saturated carbocycles. The molecular weight excluding hydrogens is 320 g/mol. The Balaban J connectivity index is 2.47. The molecule has 1 rings (SSSR count). The zero-order valence-corrected chi connectivity index (χ0v) is 17.0. The molecule has 1 N–H and O–H groups in total. The molecule has 0 radical (unpaired) electrons. The van der Waals surface area contributed by atoms with Gasteiger partial charge in [-0.25, -0.2) is 9.97 Å². The zero-order chi connectivity index (χ0) is 18.3. The van der Waals surface area contributed by atoms with Crippen molar-refractivity contribution in [2.45, 2.75) is 71.6 Å². The van der Waals surface area contributed by atoms with E-state index in [9.17, 15) is 4.79 Å². The lowest BCUT2D eigenvalue weighted by molar-refractivity contribution is -0.121. The van der Waals surface area contributed by atoms with Crippen molar-refractivity contribution in [3.63, 3.8) is 0 Å². The molecule has 0 fully saturated rings. The fourth-order valence-corrected chi connectivity index (χ4v) is 3.38. The van der Waals surface area contributed by atoms with Crippen LogP contribution in [0.1, 0.15) is 51.1 Å². The van der Waals surface area contributed by atoms with Gasteiger partial charge in [0.1, 0.15) is 0 Å². The van der Waals surface area contributed by atoms with Gasteiger partial charge in [0.2, 0.25) is 5.91 Å². The summed E-state index contributed by atoms with van der Waals surface area (Å²) in [6.45, 7) is 14.3. The van der Waals surface area contributed by atoms with Crippen molar-refractivity contribution in [1.82, 2.24) is 20.2 Å². The van der Waals surface area contributed by atoms with Gasteiger partial charge in [0.05, 0.1) is 0 Å². The van der Waals surface area contributed by atoms with Gasteiger partial charge in [0.25, 0.3) is 0 Å². The highest BCUT2D eigenvalue weighted by Gasteiger charge is 2.14. The van der Waals surface area contributed by atoms with Crippen molar-refractivity contribution in [2.24, 2.45) is 0 Å². The molecule has 0 aliphatic heterocycles. The topological polar surface area (TPSA) is 58.1 Å². The quantitative estimate of drug-likeness (QED) is 0.547. The highest BCUT2D eigenvalue weighted by Crippen LogP contribution is 2.17. The van der Waals surface area contributed by atoms with Gasteiger partial charge in [-0.05, 0) is 59.8 Å². The van der Waals surface area contributed by atoms with E-state index in [2.05, 4.69) is 47.9 Å². The lowest BCUT2D eigenvalue weighted by Crippen LogP contribution is -2.42. The van der Waals surface area contributed by atoms with E-state index >= 15 is 0 Å². The minimum absolute atomic E-state index is 0.0928. The smallest absolute Gasteiger partial charge is 0.220 e. The number of nitrogens with zero attached hydrogens (tertiary/aromatic N) is 3. The van der Waals surface area contributed by atoms with Gasteiger partial charge in [-0.1, -0.05) is 11.8 Å². The average Bonchev–Trinajstić information content (AvgIpc) is 2.49. The molecule has 0 spiro atoms. The van der Waals surface area contributed by atoms with Gasteiger partial charge in [-0.2, -0.15) is 0 Å². The van der Waals surface area contributed by atoms with Crippen LogP contribution in [0.4, 0.5) is 0 Å². The van der Waals surface area contributed by atoms with Crippen LogP contribution in [-0.2, 0) is 11.2 Å². The molecule has 5 nitrogen and oxygen atoms in total. The van der Waals surface area contributed by atoms with Crippen molar-refractivity contribution in [3.8, 4) is 0 Å². The SMILES string of the molecule is CSc1nc(C)c(CCC(=O)NCCN(C(C)C)C(C)C)c(C)n1. The van der Waals surface area contributed by atoms with Crippen LogP contribution >= 0.6 is 11.8 Å². The second kappa shape index (κ2) is 9.99. The fraction of sp³-hybridized carbons (Fsp3) is 0.722. The minimum Gasteiger partial charge on any atom is -0.355 e. The molecule has 0 atom stereocenters. The summed E-state index contributed by atoms with van der Waals surface area (Å²) in [5.41, 5.74) is 3.05. The van der Waals surface area contributed by atoms with E-state index in [-0.39, 0.29) is 5.91 Å². The molecule has 0 aromatic carbocycles. The van der Waals surface area contributed by atoms with Gasteiger partial charge < -0.3 is 5.32 Å². The first-order valence-electron chi connectivity index (χ1n) is 8.66. The Bertz CT molecular complexity index is 515. The van der Waals surface area contributed by atoms with Gasteiger partial charge in [-0.15, -0.1) is 0 Å². The molecule has 0 aliphatic rings. The van der Waals surface area contributed by atoms with Crippen molar-refractivity contribution in [1.29, 1.82) is 0 Å². The third-order valence-electron chi connectivity index (χ3n) is 4.20. The van der Waals surface area contributed by atoms with Crippen LogP contribution in [0.5, 0.6) is 0 Å². The maximum Gasteiger partial charge on any atom is 0.220 e. The number of hydrogen-bond acceptors (Lipinski definition) is 5. The number of amides is 1. The first kappa shape index (κ1) is 20.9. The molecule has 24 heavy (non-hydrogen) atoms. The Labute approximate surface area is 151 Å². The van der Waals surface area contributed by atoms with Crippen molar-refractivity contribution < 1.29 is 4.79 Å². The van der Waals surface area contributed by atoms with Crippen LogP contribution in [0, 0.1) is 13.8 Å². The summed E-state index contributed by atoms with van der Waals surface area (Å²) in [7, 11) is 0. The van der Waals surface area contributed by atoms with Crippen LogP contribution in [0.3, 0.4) is 0 Å². The number of thioether (sulfide) groups is 1. The molecule has 0 aliphatic carbocycles. The molecule has 1 amide bonds. The molecular formula is C18H32N4OS. The van der Waals surface area contributed by atoms with Gasteiger partial charge >= 0.3 is 0 Å². The normalized spacial score (nSPS) is 11.6. The van der Waals surface area contributed by atoms with Crippen LogP contribution < -0.4 is 5.32 Å². The Morgan fingerprint density at radius 3 is 2.12 bits per heavy atom. The number of hydrogen-bond donors (Lipinski definition) is 1. The molecule has 1 aromatic rings. The Hall–Kier alpha value is -1.14. The zero-order valence-electron chi connectivity index (χ0n) is 16.1. The number of carbonyl (C=O) groups is 1. The lowest BCUT2D eigenvalue weighted by atomic mass is 10.1. The fourth-order valence-electron chi connectivity index (χ4n) is 2.93. The second-order valence-electron chi connectivity index (χ2n) is 6.63. The van der Waals surface area contributed by atoms with Crippen molar-refractivity contribution in [3.05, 3.63) is 17.0 Å². The highest BCUT2D eigenvalue weighted by molar-refractivity contribution is 7.98. The summed E-state index contributed by atoms with van der Waals surface area (Å²) in [6.07, 6.45) is 3.14. The maximum atomic E-state index is 12.1. The molecule has 136 valence electrons. The second-order valence-corrected chi connectivity index (χ2v) is 7.41. The molecule has 1 heterocycles. The Morgan fingerprint density at radius 2 is 1.67 bits per heavy atom. The summed E-state index contributed by atoms with van der Waals surface area (Å²) >= 11 is 1.54. The molecule has 6 heteroatoms. The standard InChI is InChI=1S/C18H32N4OS/c1-12(2)22(13(3)4)11-10-19-17(23)9-8-16-14(5)20-18(24-7)21-15(16)6/h12-13H,8-11H2,1-7H3,(H,19,23). The van der Waals surface area contributed by atoms with E-state index in [1.54, 1.807) is 11.8 Å². The summed E-state index contributed by atoms with van der Waals surface area (Å²) in [5, 5.41) is 3.82. The minimum atomic E-state index is 0.0928. The van der Waals surface area contributed by atoms with Crippen LogP contribution in [0.2, 0.25) is 0 Å². The summed E-state index contributed by atoms with van der Waals surface area (Å²) in [6, 6.07) is 0.971. The van der Waals surface area contributed by atoms with E-state index in [0.717, 1.165) is 28.7 Å². The number of rotatable bonds is 9. The first-order valence-corrected chi connectivity index (χ1v) is 9.89. The maximum absolute atomic E-state index is 12.1. The monoisotopic (exact) mass is 352 g/mol. The van der Waals surface area contributed by atoms with Gasteiger partial charge in [0.15, 0.2) is 5.16 Å². The molecule has 0 bridgehead atoms. The van der Waals surface area contributed by atoms with Crippen molar-refractivity contribution in [2.75, 3.05) is 19.3 Å². The summed E-state index contributed by atoms with van der Waals surface area (Å²) < 4.78 is 0. The van der Waals surface area contributed by atoms with Crippen LogP contribution in [0.15, 0.2) is 5.16 Å². The number of aryl methyl sites for hydroxylation is 2. The van der Waals surface area contributed by atoms with E-state index < -0.39 is 0 Å². The number of nitrogens with one attached hydrogen (secondary N) is 1. The summed E-state index contributed by atoms with van der Waals surface area (Å²) in [5.74, 6) is 0.0928. The summed E-state index contributed by atoms with van der Waals surface area (Å²) in [4.78, 5) is 23.4. The number of aromatic nitrogens is 2. The highest BCUT2D eigenvalue weighted by atomic mass is 32.2. The predicted octanol–water partition coefficient (Wildman–Crippen LogP) is 2.98. The largest absolute Gasteiger partial charge is 0.355 e. The molecule has 1 aromatic heterocycles. The average molecular weight is 353 g/mol. The van der Waals surface area contributed by atoms with Gasteiger partial charge in [0, 0.05) is 43.0 Å². The molecule has 0 saturated heterocycles. The Kier molecular flexibility index (Phi) is 8.70. The van der Waals surface area contributed by atoms with E-state index in [4.69, 9.17) is 0 Å². The third-order valence-corrected chi connectivity index (χ3v) is 4.75. The third kappa shape index (κ3) is 6.40. The number of carbonyl (C=O) groups excluding carboxylic acids is 1. The van der Waals surface area contributed by atoms with E-state index in [0.29, 0.717) is 31.5 Å². The first-order chi connectivity index (χ1) is 11.3. The lowest BCUT2D eigenvalue weighted by Gasteiger charge is -2.30. The van der Waals surface area contributed by atoms with Gasteiger partial charge in [-0.3, -0.25) is 9.69 Å². The molecule has 0 unspecified atom stereocenters. The van der Waals surface area contributed by atoms with Crippen LogP contribution in [-0.4, -0.2) is 52.2 Å². The van der Waals surface area contributed by atoms with Crippen LogP contribution in [0.25, 0.3) is 0 Å². The van der Waals surface area contributed by atoms with E-state index in [1.165, 1.54) is 0 Å². The Morgan fingerprint density at radius 1 is 1.12 bits per heavy atom. The van der Waals surface area contributed by atoms with Crippen molar-refractivity contribution >= 4 is 17.7 Å².